The molecule has 1 amide bonds. The summed E-state index contributed by atoms with van der Waals surface area (Å²) in [6, 6.07) is 2.44. The van der Waals surface area contributed by atoms with Crippen LogP contribution < -0.4 is 5.32 Å². The number of carbonyl (C=O) groups is 1. The maximum Gasteiger partial charge on any atom is 0.410 e. The van der Waals surface area contributed by atoms with E-state index in [1.807, 2.05) is 20.8 Å². The molecule has 25 heavy (non-hydrogen) atoms. The van der Waals surface area contributed by atoms with Gasteiger partial charge in [-0.15, -0.1) is 0 Å². The third kappa shape index (κ3) is 3.82. The van der Waals surface area contributed by atoms with Crippen LogP contribution >= 0.6 is 11.6 Å². The first-order chi connectivity index (χ1) is 11.8. The number of piperazine rings is 1. The molecule has 2 aromatic rings. The first kappa shape index (κ1) is 17.8. The number of ether oxygens (including phenoxy) is 1. The molecule has 1 aliphatic rings. The Kier molecular flexibility index (Phi) is 4.79. The molecule has 1 aromatic carbocycles. The number of amides is 1. The zero-order valence-corrected chi connectivity index (χ0v) is 15.1. The molecular weight excluding hydrogens is 347 g/mol. The maximum absolute atomic E-state index is 14.2. The van der Waals surface area contributed by atoms with E-state index in [1.165, 1.54) is 12.4 Å². The van der Waals surface area contributed by atoms with E-state index in [0.29, 0.717) is 30.7 Å². The van der Waals surface area contributed by atoms with Gasteiger partial charge in [-0.25, -0.2) is 19.2 Å². The van der Waals surface area contributed by atoms with Gasteiger partial charge in [-0.1, -0.05) is 11.6 Å². The van der Waals surface area contributed by atoms with Crippen molar-refractivity contribution in [3.63, 3.8) is 0 Å². The number of rotatable bonds is 1. The molecule has 0 spiro atoms. The molecule has 2 heterocycles. The SMILES string of the molecule is CC(C)(C)OC(=O)N1CCNCC1c1ncnc2c(F)cc(Cl)cc12. The summed E-state index contributed by atoms with van der Waals surface area (Å²) >= 11 is 6.00. The van der Waals surface area contributed by atoms with Gasteiger partial charge in [-0.3, -0.25) is 4.90 Å². The summed E-state index contributed by atoms with van der Waals surface area (Å²) in [6.07, 6.45) is 0.879. The highest BCUT2D eigenvalue weighted by atomic mass is 35.5. The Bertz CT molecular complexity index is 809. The lowest BCUT2D eigenvalue weighted by Crippen LogP contribution is -2.50. The minimum absolute atomic E-state index is 0.184. The summed E-state index contributed by atoms with van der Waals surface area (Å²) in [5.41, 5.74) is 0.129. The highest BCUT2D eigenvalue weighted by Gasteiger charge is 2.33. The molecule has 1 unspecified atom stereocenters. The van der Waals surface area contributed by atoms with Crippen molar-refractivity contribution in [3.8, 4) is 0 Å². The van der Waals surface area contributed by atoms with Crippen molar-refractivity contribution in [1.82, 2.24) is 20.2 Å². The fourth-order valence-corrected chi connectivity index (χ4v) is 3.07. The number of benzene rings is 1. The van der Waals surface area contributed by atoms with Gasteiger partial charge in [0.05, 0.1) is 11.7 Å². The van der Waals surface area contributed by atoms with E-state index in [9.17, 15) is 9.18 Å². The van der Waals surface area contributed by atoms with Gasteiger partial charge in [0.15, 0.2) is 5.82 Å². The van der Waals surface area contributed by atoms with E-state index in [0.717, 1.165) is 0 Å². The van der Waals surface area contributed by atoms with Crippen LogP contribution in [0.15, 0.2) is 18.5 Å². The molecule has 8 heteroatoms. The molecular formula is C17H20ClFN4O2. The minimum Gasteiger partial charge on any atom is -0.444 e. The van der Waals surface area contributed by atoms with Crippen molar-refractivity contribution in [3.05, 3.63) is 35.0 Å². The smallest absolute Gasteiger partial charge is 0.410 e. The second-order valence-electron chi connectivity index (χ2n) is 6.94. The number of halogens is 2. The lowest BCUT2D eigenvalue weighted by molar-refractivity contribution is 0.0115. The van der Waals surface area contributed by atoms with Crippen molar-refractivity contribution in [1.29, 1.82) is 0 Å². The lowest BCUT2D eigenvalue weighted by Gasteiger charge is -2.37. The highest BCUT2D eigenvalue weighted by molar-refractivity contribution is 6.31. The average molecular weight is 367 g/mol. The molecule has 1 atom stereocenters. The number of aromatic nitrogens is 2. The van der Waals surface area contributed by atoms with Gasteiger partial charge in [-0.05, 0) is 32.9 Å². The van der Waals surface area contributed by atoms with Crippen LogP contribution in [0.2, 0.25) is 5.02 Å². The van der Waals surface area contributed by atoms with Crippen LogP contribution in [0.25, 0.3) is 10.9 Å². The van der Waals surface area contributed by atoms with Crippen LogP contribution in [0.5, 0.6) is 0 Å². The number of fused-ring (bicyclic) bond motifs is 1. The lowest BCUT2D eigenvalue weighted by atomic mass is 10.0. The van der Waals surface area contributed by atoms with Gasteiger partial charge in [0.25, 0.3) is 0 Å². The monoisotopic (exact) mass is 366 g/mol. The summed E-state index contributed by atoms with van der Waals surface area (Å²) in [6.45, 7) is 7.05. The summed E-state index contributed by atoms with van der Waals surface area (Å²) in [5, 5.41) is 3.99. The number of hydrogen-bond acceptors (Lipinski definition) is 5. The van der Waals surface area contributed by atoms with Crippen molar-refractivity contribution in [2.75, 3.05) is 19.6 Å². The Morgan fingerprint density at radius 1 is 1.40 bits per heavy atom. The largest absolute Gasteiger partial charge is 0.444 e. The summed E-state index contributed by atoms with van der Waals surface area (Å²) in [4.78, 5) is 22.5. The topological polar surface area (TPSA) is 67.3 Å². The molecule has 6 nitrogen and oxygen atoms in total. The summed E-state index contributed by atoms with van der Waals surface area (Å²) in [7, 11) is 0. The number of carbonyl (C=O) groups excluding carboxylic acids is 1. The van der Waals surface area contributed by atoms with E-state index in [2.05, 4.69) is 15.3 Å². The van der Waals surface area contributed by atoms with Crippen LogP contribution in [0.1, 0.15) is 32.5 Å². The molecule has 134 valence electrons. The van der Waals surface area contributed by atoms with Crippen molar-refractivity contribution < 1.29 is 13.9 Å². The van der Waals surface area contributed by atoms with Crippen LogP contribution in [0.3, 0.4) is 0 Å². The zero-order chi connectivity index (χ0) is 18.2. The molecule has 3 rings (SSSR count). The molecule has 0 aliphatic carbocycles. The second kappa shape index (κ2) is 6.72. The van der Waals surface area contributed by atoms with Crippen molar-refractivity contribution in [2.45, 2.75) is 32.4 Å². The Balaban J connectivity index is 2.04. The number of nitrogens with one attached hydrogen (secondary N) is 1. The normalized spacial score (nSPS) is 18.4. The van der Waals surface area contributed by atoms with Gasteiger partial charge in [0, 0.05) is 30.0 Å². The minimum atomic E-state index is -0.602. The van der Waals surface area contributed by atoms with Gasteiger partial charge in [0.2, 0.25) is 0 Å². The van der Waals surface area contributed by atoms with Gasteiger partial charge in [-0.2, -0.15) is 0 Å². The quantitative estimate of drug-likeness (QED) is 0.838. The maximum atomic E-state index is 14.2. The Morgan fingerprint density at radius 3 is 2.88 bits per heavy atom. The van der Waals surface area contributed by atoms with Crippen molar-refractivity contribution >= 4 is 28.6 Å². The third-order valence-electron chi connectivity index (χ3n) is 3.87. The summed E-state index contributed by atoms with van der Waals surface area (Å²) in [5.74, 6) is -0.515. The molecule has 1 aromatic heterocycles. The van der Waals surface area contributed by atoms with E-state index in [-0.39, 0.29) is 10.5 Å². The fourth-order valence-electron chi connectivity index (χ4n) is 2.86. The fraction of sp³-hybridized carbons (Fsp3) is 0.471. The molecule has 0 saturated carbocycles. The van der Waals surface area contributed by atoms with Gasteiger partial charge < -0.3 is 10.1 Å². The van der Waals surface area contributed by atoms with Crippen LogP contribution in [-0.2, 0) is 4.74 Å². The Hall–Kier alpha value is -1.99. The van der Waals surface area contributed by atoms with Gasteiger partial charge in [0.1, 0.15) is 17.4 Å². The van der Waals surface area contributed by atoms with Crippen LogP contribution in [-0.4, -0.2) is 46.2 Å². The second-order valence-corrected chi connectivity index (χ2v) is 7.37. The highest BCUT2D eigenvalue weighted by Crippen LogP contribution is 2.30. The summed E-state index contributed by atoms with van der Waals surface area (Å²) < 4.78 is 19.7. The molecule has 0 radical (unpaired) electrons. The molecule has 1 N–H and O–H groups in total. The van der Waals surface area contributed by atoms with E-state index >= 15 is 0 Å². The van der Waals surface area contributed by atoms with E-state index in [4.69, 9.17) is 16.3 Å². The van der Waals surface area contributed by atoms with E-state index in [1.54, 1.807) is 11.0 Å². The Morgan fingerprint density at radius 2 is 2.16 bits per heavy atom. The van der Waals surface area contributed by atoms with Crippen molar-refractivity contribution in [2.24, 2.45) is 0 Å². The van der Waals surface area contributed by atoms with E-state index < -0.39 is 23.6 Å². The molecule has 1 aliphatic heterocycles. The van der Waals surface area contributed by atoms with Crippen LogP contribution in [0, 0.1) is 5.82 Å². The predicted molar refractivity (Wildman–Crippen MR) is 93.1 cm³/mol. The number of hydrogen-bond donors (Lipinski definition) is 1. The predicted octanol–water partition coefficient (Wildman–Crippen LogP) is 3.30. The first-order valence-electron chi connectivity index (χ1n) is 8.06. The number of nitrogens with zero attached hydrogens (tertiary/aromatic N) is 3. The van der Waals surface area contributed by atoms with Gasteiger partial charge >= 0.3 is 6.09 Å². The zero-order valence-electron chi connectivity index (χ0n) is 14.3. The Labute approximate surface area is 150 Å². The van der Waals surface area contributed by atoms with Crippen LogP contribution in [0.4, 0.5) is 9.18 Å². The molecule has 1 saturated heterocycles. The molecule has 1 fully saturated rings. The third-order valence-corrected chi connectivity index (χ3v) is 4.09. The standard InChI is InChI=1S/C17H20ClFN4O2/c1-17(2,3)25-16(24)23-5-4-20-8-13(23)15-11-6-10(18)7-12(19)14(11)21-9-22-15/h6-7,9,13,20H,4-5,8H2,1-3H3. The first-order valence-corrected chi connectivity index (χ1v) is 8.44. The average Bonchev–Trinajstić information content (AvgIpc) is 2.52. The molecule has 0 bridgehead atoms.